The second-order valence-electron chi connectivity index (χ2n) is 5.62. The molecule has 0 aliphatic heterocycles. The van der Waals surface area contributed by atoms with E-state index in [0.29, 0.717) is 5.92 Å². The van der Waals surface area contributed by atoms with E-state index in [-0.39, 0.29) is 11.6 Å². The predicted molar refractivity (Wildman–Crippen MR) is 74.0 cm³/mol. The minimum Gasteiger partial charge on any atom is -0.377 e. The van der Waals surface area contributed by atoms with Crippen LogP contribution in [0.2, 0.25) is 0 Å². The lowest BCUT2D eigenvalue weighted by Gasteiger charge is -2.44. The summed E-state index contributed by atoms with van der Waals surface area (Å²) in [4.78, 5) is 0. The first-order valence-electron chi connectivity index (χ1n) is 7.45. The van der Waals surface area contributed by atoms with Gasteiger partial charge in [0.25, 0.3) is 0 Å². The molecule has 1 aliphatic carbocycles. The van der Waals surface area contributed by atoms with Crippen LogP contribution < -0.4 is 5.73 Å². The standard InChI is InChI=1S/C15H31NO/c1-5-12-10-8-9-11-13(12)14(16)15(6-2,7-3)17-4/h12-14H,5-11,16H2,1-4H3. The Labute approximate surface area is 107 Å². The third-order valence-electron chi connectivity index (χ3n) is 5.16. The van der Waals surface area contributed by atoms with Gasteiger partial charge in [-0.15, -0.1) is 0 Å². The molecule has 1 rings (SSSR count). The Kier molecular flexibility index (Phi) is 5.94. The summed E-state index contributed by atoms with van der Waals surface area (Å²) in [6.45, 7) is 6.72. The van der Waals surface area contributed by atoms with Gasteiger partial charge in [-0.05, 0) is 31.1 Å². The molecule has 3 unspecified atom stereocenters. The number of methoxy groups -OCH3 is 1. The minimum atomic E-state index is -0.102. The molecule has 0 spiro atoms. The number of nitrogens with two attached hydrogens (primary N) is 1. The van der Waals surface area contributed by atoms with Gasteiger partial charge in [-0.1, -0.05) is 46.5 Å². The highest BCUT2D eigenvalue weighted by atomic mass is 16.5. The Bertz CT molecular complexity index is 205. The quantitative estimate of drug-likeness (QED) is 0.769. The first-order valence-corrected chi connectivity index (χ1v) is 7.45. The van der Waals surface area contributed by atoms with Crippen LogP contribution in [0.3, 0.4) is 0 Å². The van der Waals surface area contributed by atoms with Crippen LogP contribution >= 0.6 is 0 Å². The van der Waals surface area contributed by atoms with Crippen LogP contribution in [0.15, 0.2) is 0 Å². The Hall–Kier alpha value is -0.0800. The molecule has 0 saturated heterocycles. The maximum Gasteiger partial charge on any atom is 0.0826 e. The molecule has 2 N–H and O–H groups in total. The van der Waals surface area contributed by atoms with Gasteiger partial charge in [0.05, 0.1) is 5.60 Å². The molecular weight excluding hydrogens is 210 g/mol. The fourth-order valence-electron chi connectivity index (χ4n) is 3.75. The molecule has 2 nitrogen and oxygen atoms in total. The number of ether oxygens (including phenoxy) is 1. The van der Waals surface area contributed by atoms with Gasteiger partial charge in [-0.2, -0.15) is 0 Å². The van der Waals surface area contributed by atoms with Gasteiger partial charge in [0, 0.05) is 13.2 Å². The van der Waals surface area contributed by atoms with Gasteiger partial charge in [-0.25, -0.2) is 0 Å². The lowest BCUT2D eigenvalue weighted by Crippen LogP contribution is -2.55. The SMILES string of the molecule is CCC1CCCCC1C(N)C(CC)(CC)OC. The monoisotopic (exact) mass is 241 g/mol. The summed E-state index contributed by atoms with van der Waals surface area (Å²) in [5.74, 6) is 1.47. The number of hydrogen-bond acceptors (Lipinski definition) is 2. The summed E-state index contributed by atoms with van der Waals surface area (Å²) in [6, 6.07) is 0.202. The van der Waals surface area contributed by atoms with Gasteiger partial charge in [-0.3, -0.25) is 0 Å². The van der Waals surface area contributed by atoms with Crippen LogP contribution in [0.1, 0.15) is 65.7 Å². The van der Waals surface area contributed by atoms with E-state index in [1.807, 2.05) is 7.11 Å². The van der Waals surface area contributed by atoms with Crippen LogP contribution in [0.5, 0.6) is 0 Å². The summed E-state index contributed by atoms with van der Waals surface area (Å²) in [5.41, 5.74) is 6.50. The molecule has 2 heteroatoms. The molecule has 17 heavy (non-hydrogen) atoms. The first-order chi connectivity index (χ1) is 8.15. The Morgan fingerprint density at radius 2 is 1.76 bits per heavy atom. The average molecular weight is 241 g/mol. The largest absolute Gasteiger partial charge is 0.377 e. The van der Waals surface area contributed by atoms with Crippen LogP contribution in [-0.2, 0) is 4.74 Å². The zero-order chi connectivity index (χ0) is 12.9. The second kappa shape index (κ2) is 6.75. The zero-order valence-electron chi connectivity index (χ0n) is 12.2. The predicted octanol–water partition coefficient (Wildman–Crippen LogP) is 3.74. The Morgan fingerprint density at radius 3 is 2.24 bits per heavy atom. The normalized spacial score (nSPS) is 28.1. The van der Waals surface area contributed by atoms with Gasteiger partial charge >= 0.3 is 0 Å². The lowest BCUT2D eigenvalue weighted by molar-refractivity contribution is -0.0638. The Balaban J connectivity index is 2.80. The molecular formula is C15H31NO. The van der Waals surface area contributed by atoms with Gasteiger partial charge in [0.1, 0.15) is 0 Å². The van der Waals surface area contributed by atoms with E-state index in [4.69, 9.17) is 10.5 Å². The summed E-state index contributed by atoms with van der Waals surface area (Å²) in [6.07, 6.45) is 8.71. The van der Waals surface area contributed by atoms with Crippen molar-refractivity contribution in [3.05, 3.63) is 0 Å². The van der Waals surface area contributed by atoms with Gasteiger partial charge in [0.2, 0.25) is 0 Å². The Morgan fingerprint density at radius 1 is 1.18 bits per heavy atom. The third kappa shape index (κ3) is 3.03. The van der Waals surface area contributed by atoms with Crippen molar-refractivity contribution in [3.8, 4) is 0 Å². The average Bonchev–Trinajstić information content (AvgIpc) is 2.41. The van der Waals surface area contributed by atoms with Crippen molar-refractivity contribution in [1.29, 1.82) is 0 Å². The van der Waals surface area contributed by atoms with E-state index in [9.17, 15) is 0 Å². The molecule has 1 aliphatic rings. The van der Waals surface area contributed by atoms with Crippen LogP contribution in [0.25, 0.3) is 0 Å². The third-order valence-corrected chi connectivity index (χ3v) is 5.16. The topological polar surface area (TPSA) is 35.2 Å². The molecule has 102 valence electrons. The zero-order valence-corrected chi connectivity index (χ0v) is 12.2. The summed E-state index contributed by atoms with van der Waals surface area (Å²) < 4.78 is 5.82. The second-order valence-corrected chi connectivity index (χ2v) is 5.62. The van der Waals surface area contributed by atoms with Crippen molar-refractivity contribution in [2.24, 2.45) is 17.6 Å². The number of hydrogen-bond donors (Lipinski definition) is 1. The molecule has 0 heterocycles. The summed E-state index contributed by atoms with van der Waals surface area (Å²) >= 11 is 0. The van der Waals surface area contributed by atoms with E-state index in [0.717, 1.165) is 18.8 Å². The van der Waals surface area contributed by atoms with Crippen molar-refractivity contribution < 1.29 is 4.74 Å². The molecule has 0 aromatic heterocycles. The van der Waals surface area contributed by atoms with E-state index in [1.54, 1.807) is 0 Å². The molecule has 0 amide bonds. The van der Waals surface area contributed by atoms with Crippen molar-refractivity contribution >= 4 is 0 Å². The van der Waals surface area contributed by atoms with E-state index in [2.05, 4.69) is 20.8 Å². The molecule has 0 bridgehead atoms. The minimum absolute atomic E-state index is 0.102. The lowest BCUT2D eigenvalue weighted by atomic mass is 9.68. The smallest absolute Gasteiger partial charge is 0.0826 e. The van der Waals surface area contributed by atoms with E-state index < -0.39 is 0 Å². The van der Waals surface area contributed by atoms with Crippen LogP contribution in [0.4, 0.5) is 0 Å². The molecule has 0 aromatic rings. The molecule has 1 saturated carbocycles. The van der Waals surface area contributed by atoms with Crippen molar-refractivity contribution in [1.82, 2.24) is 0 Å². The van der Waals surface area contributed by atoms with Gasteiger partial charge < -0.3 is 10.5 Å². The maximum atomic E-state index is 6.60. The van der Waals surface area contributed by atoms with Crippen molar-refractivity contribution in [3.63, 3.8) is 0 Å². The van der Waals surface area contributed by atoms with E-state index in [1.165, 1.54) is 32.1 Å². The van der Waals surface area contributed by atoms with Crippen LogP contribution in [0, 0.1) is 11.8 Å². The molecule has 1 fully saturated rings. The fraction of sp³-hybridized carbons (Fsp3) is 1.00. The van der Waals surface area contributed by atoms with E-state index >= 15 is 0 Å². The number of rotatable bonds is 6. The van der Waals surface area contributed by atoms with Crippen LogP contribution in [-0.4, -0.2) is 18.8 Å². The summed E-state index contributed by atoms with van der Waals surface area (Å²) in [7, 11) is 1.83. The van der Waals surface area contributed by atoms with Gasteiger partial charge in [0.15, 0.2) is 0 Å². The highest BCUT2D eigenvalue weighted by molar-refractivity contribution is 4.96. The van der Waals surface area contributed by atoms with Crippen molar-refractivity contribution in [2.45, 2.75) is 77.4 Å². The molecule has 0 aromatic carbocycles. The maximum absolute atomic E-state index is 6.60. The first kappa shape index (κ1) is 15.0. The highest BCUT2D eigenvalue weighted by Crippen LogP contribution is 2.39. The molecule has 3 atom stereocenters. The summed E-state index contributed by atoms with van der Waals surface area (Å²) in [5, 5.41) is 0. The van der Waals surface area contributed by atoms with Crippen molar-refractivity contribution in [2.75, 3.05) is 7.11 Å². The highest BCUT2D eigenvalue weighted by Gasteiger charge is 2.41. The fourth-order valence-corrected chi connectivity index (χ4v) is 3.75. The molecule has 0 radical (unpaired) electrons.